The molecule has 1 aromatic heterocycles. The molecule has 1 aromatic carbocycles. The van der Waals surface area contributed by atoms with Crippen molar-refractivity contribution in [1.82, 2.24) is 15.4 Å². The van der Waals surface area contributed by atoms with Crippen LogP contribution in [0.15, 0.2) is 39.8 Å². The average molecular weight is 438 g/mol. The lowest BCUT2D eigenvalue weighted by atomic mass is 9.98. The first kappa shape index (κ1) is 22.4. The largest absolute Gasteiger partial charge is 0.359 e. The maximum atomic E-state index is 12.0. The Hall–Kier alpha value is -2.83. The maximum absolute atomic E-state index is 12.0. The summed E-state index contributed by atoms with van der Waals surface area (Å²) >= 11 is 0. The fraction of sp³-hybridized carbons (Fsp3) is 0.560. The topological polar surface area (TPSA) is 74.0 Å². The van der Waals surface area contributed by atoms with Crippen LogP contribution in [0, 0.1) is 0 Å². The summed E-state index contributed by atoms with van der Waals surface area (Å²) < 4.78 is 5.58. The third-order valence-corrected chi connectivity index (χ3v) is 6.86. The average Bonchev–Trinajstić information content (AvgIpc) is 3.53. The number of anilines is 1. The van der Waals surface area contributed by atoms with Crippen LogP contribution in [0.2, 0.25) is 0 Å². The van der Waals surface area contributed by atoms with Gasteiger partial charge in [-0.15, -0.1) is 0 Å². The van der Waals surface area contributed by atoms with Gasteiger partial charge in [-0.2, -0.15) is 0 Å². The van der Waals surface area contributed by atoms with E-state index in [0.29, 0.717) is 30.7 Å². The van der Waals surface area contributed by atoms with Gasteiger partial charge < -0.3 is 19.6 Å². The lowest BCUT2D eigenvalue weighted by Crippen LogP contribution is -2.40. The number of aromatic nitrogens is 1. The van der Waals surface area contributed by atoms with Gasteiger partial charge in [-0.3, -0.25) is 9.79 Å². The second-order valence-electron chi connectivity index (χ2n) is 8.77. The molecule has 2 aliphatic rings. The van der Waals surface area contributed by atoms with Crippen LogP contribution in [0.25, 0.3) is 0 Å². The molecule has 1 amide bonds. The minimum Gasteiger partial charge on any atom is -0.359 e. The van der Waals surface area contributed by atoms with Gasteiger partial charge in [0.05, 0.1) is 12.2 Å². The Morgan fingerprint density at radius 2 is 2.12 bits per heavy atom. The van der Waals surface area contributed by atoms with Gasteiger partial charge in [0, 0.05) is 56.7 Å². The highest BCUT2D eigenvalue weighted by molar-refractivity contribution is 5.98. The fourth-order valence-corrected chi connectivity index (χ4v) is 4.97. The minimum absolute atomic E-state index is 0.297. The standard InChI is InChI=1S/C25H35N5O2/c1-4-18(5-2)22-15-20(32-28-22)16-27-25(26-3)30-17-19(21-9-6-7-10-23(21)30)12-14-29-13-8-11-24(29)31/h6-7,9-10,15,18-19H,4-5,8,11-14,16-17H2,1-3H3,(H,26,27). The van der Waals surface area contributed by atoms with Gasteiger partial charge in [-0.05, 0) is 37.3 Å². The van der Waals surface area contributed by atoms with Crippen molar-refractivity contribution in [2.75, 3.05) is 31.6 Å². The van der Waals surface area contributed by atoms with E-state index in [-0.39, 0.29) is 0 Å². The summed E-state index contributed by atoms with van der Waals surface area (Å²) in [6.07, 6.45) is 4.78. The second kappa shape index (κ2) is 10.2. The van der Waals surface area contributed by atoms with Crippen LogP contribution in [-0.2, 0) is 11.3 Å². The summed E-state index contributed by atoms with van der Waals surface area (Å²) in [4.78, 5) is 20.8. The first-order chi connectivity index (χ1) is 15.6. The number of benzene rings is 1. The molecule has 1 atom stereocenters. The molecular weight excluding hydrogens is 402 g/mol. The number of nitrogens with zero attached hydrogens (tertiary/aromatic N) is 4. The Balaban J connectivity index is 1.42. The Kier molecular flexibility index (Phi) is 7.12. The zero-order valence-corrected chi connectivity index (χ0v) is 19.5. The number of para-hydroxylation sites is 1. The molecule has 32 heavy (non-hydrogen) atoms. The number of nitrogens with one attached hydrogen (secondary N) is 1. The SMILES string of the molecule is CCC(CC)c1cc(CNC(=NC)N2CC(CCN3CCCC3=O)c3ccccc32)on1. The van der Waals surface area contributed by atoms with E-state index < -0.39 is 0 Å². The van der Waals surface area contributed by atoms with E-state index in [2.05, 4.69) is 64.5 Å². The molecule has 0 radical (unpaired) electrons. The molecule has 1 saturated heterocycles. The van der Waals surface area contributed by atoms with Crippen LogP contribution in [0.1, 0.15) is 74.8 Å². The quantitative estimate of drug-likeness (QED) is 0.493. The number of carbonyl (C=O) groups is 1. The third-order valence-electron chi connectivity index (χ3n) is 6.86. The Bertz CT molecular complexity index is 949. The predicted molar refractivity (Wildman–Crippen MR) is 127 cm³/mol. The van der Waals surface area contributed by atoms with Crippen LogP contribution in [-0.4, -0.2) is 48.6 Å². The summed E-state index contributed by atoms with van der Waals surface area (Å²) in [6, 6.07) is 10.6. The minimum atomic E-state index is 0.297. The number of aliphatic imine (C=N–C) groups is 1. The van der Waals surface area contributed by atoms with Gasteiger partial charge >= 0.3 is 0 Å². The maximum Gasteiger partial charge on any atom is 0.222 e. The number of likely N-dealkylation sites (tertiary alicyclic amines) is 1. The van der Waals surface area contributed by atoms with E-state index in [1.165, 1.54) is 11.3 Å². The van der Waals surface area contributed by atoms with Crippen molar-refractivity contribution < 1.29 is 9.32 Å². The van der Waals surface area contributed by atoms with Gasteiger partial charge in [-0.25, -0.2) is 0 Å². The summed E-state index contributed by atoms with van der Waals surface area (Å²) in [7, 11) is 1.82. The molecular formula is C25H35N5O2. The number of amides is 1. The van der Waals surface area contributed by atoms with E-state index in [4.69, 9.17) is 4.52 Å². The molecule has 2 aromatic rings. The summed E-state index contributed by atoms with van der Waals surface area (Å²) in [5.74, 6) is 2.78. The summed E-state index contributed by atoms with van der Waals surface area (Å²) in [5.41, 5.74) is 3.55. The van der Waals surface area contributed by atoms with Crippen molar-refractivity contribution >= 4 is 17.6 Å². The van der Waals surface area contributed by atoms with Gasteiger partial charge in [-0.1, -0.05) is 37.2 Å². The molecule has 1 N–H and O–H groups in total. The number of hydrogen-bond donors (Lipinski definition) is 1. The molecule has 4 rings (SSSR count). The first-order valence-electron chi connectivity index (χ1n) is 11.9. The summed E-state index contributed by atoms with van der Waals surface area (Å²) in [5, 5.41) is 7.73. The zero-order valence-electron chi connectivity index (χ0n) is 19.5. The molecule has 7 heteroatoms. The molecule has 1 unspecified atom stereocenters. The zero-order chi connectivity index (χ0) is 22.5. The number of fused-ring (bicyclic) bond motifs is 1. The van der Waals surface area contributed by atoms with Crippen molar-refractivity contribution in [3.63, 3.8) is 0 Å². The van der Waals surface area contributed by atoms with E-state index in [1.54, 1.807) is 0 Å². The monoisotopic (exact) mass is 437 g/mol. The molecule has 0 bridgehead atoms. The highest BCUT2D eigenvalue weighted by Gasteiger charge is 2.32. The van der Waals surface area contributed by atoms with Gasteiger partial charge in [0.1, 0.15) is 0 Å². The number of guanidine groups is 1. The predicted octanol–water partition coefficient (Wildman–Crippen LogP) is 4.27. The van der Waals surface area contributed by atoms with Gasteiger partial charge in [0.2, 0.25) is 5.91 Å². The van der Waals surface area contributed by atoms with E-state index in [0.717, 1.165) is 62.7 Å². The smallest absolute Gasteiger partial charge is 0.222 e. The highest BCUT2D eigenvalue weighted by atomic mass is 16.5. The molecule has 0 saturated carbocycles. The molecule has 0 aliphatic carbocycles. The van der Waals surface area contributed by atoms with Gasteiger partial charge in [0.15, 0.2) is 11.7 Å². The van der Waals surface area contributed by atoms with Crippen molar-refractivity contribution in [2.24, 2.45) is 4.99 Å². The lowest BCUT2D eigenvalue weighted by Gasteiger charge is -2.23. The van der Waals surface area contributed by atoms with Crippen molar-refractivity contribution in [2.45, 2.75) is 64.3 Å². The Morgan fingerprint density at radius 1 is 1.31 bits per heavy atom. The van der Waals surface area contributed by atoms with Crippen molar-refractivity contribution in [3.8, 4) is 0 Å². The fourth-order valence-electron chi connectivity index (χ4n) is 4.97. The van der Waals surface area contributed by atoms with E-state index in [1.807, 2.05) is 11.9 Å². The second-order valence-corrected chi connectivity index (χ2v) is 8.77. The molecule has 7 nitrogen and oxygen atoms in total. The Labute approximate surface area is 190 Å². The highest BCUT2D eigenvalue weighted by Crippen LogP contribution is 2.38. The molecule has 1 fully saturated rings. The number of rotatable bonds is 8. The summed E-state index contributed by atoms with van der Waals surface area (Å²) in [6.45, 7) is 7.50. The van der Waals surface area contributed by atoms with Crippen LogP contribution in [0.4, 0.5) is 5.69 Å². The van der Waals surface area contributed by atoms with Crippen LogP contribution in [0.5, 0.6) is 0 Å². The van der Waals surface area contributed by atoms with Crippen LogP contribution >= 0.6 is 0 Å². The molecule has 2 aliphatic heterocycles. The van der Waals surface area contributed by atoms with Gasteiger partial charge in [0.25, 0.3) is 0 Å². The normalized spacial score (nSPS) is 18.7. The van der Waals surface area contributed by atoms with Crippen LogP contribution in [0.3, 0.4) is 0 Å². The molecule has 0 spiro atoms. The van der Waals surface area contributed by atoms with E-state index >= 15 is 0 Å². The van der Waals surface area contributed by atoms with Crippen molar-refractivity contribution in [3.05, 3.63) is 47.3 Å². The Morgan fingerprint density at radius 3 is 2.84 bits per heavy atom. The molecule has 172 valence electrons. The number of hydrogen-bond acceptors (Lipinski definition) is 4. The van der Waals surface area contributed by atoms with E-state index in [9.17, 15) is 4.79 Å². The van der Waals surface area contributed by atoms with Crippen LogP contribution < -0.4 is 10.2 Å². The first-order valence-corrected chi connectivity index (χ1v) is 11.9. The number of carbonyl (C=O) groups excluding carboxylic acids is 1. The third kappa shape index (κ3) is 4.66. The lowest BCUT2D eigenvalue weighted by molar-refractivity contribution is -0.127. The van der Waals surface area contributed by atoms with Crippen molar-refractivity contribution in [1.29, 1.82) is 0 Å². The molecule has 3 heterocycles.